The highest BCUT2D eigenvalue weighted by Gasteiger charge is 2.33. The van der Waals surface area contributed by atoms with Crippen LogP contribution in [0.15, 0.2) is 18.2 Å². The molecule has 0 saturated heterocycles. The fourth-order valence-corrected chi connectivity index (χ4v) is 1.78. The SMILES string of the molecule is CNc1cccc(C(=O)N(CCO)C2CC2)n1. The van der Waals surface area contributed by atoms with Gasteiger partial charge in [0.05, 0.1) is 6.61 Å². The van der Waals surface area contributed by atoms with Gasteiger partial charge < -0.3 is 15.3 Å². The number of anilines is 1. The lowest BCUT2D eigenvalue weighted by atomic mass is 10.3. The molecular weight excluding hydrogens is 218 g/mol. The maximum Gasteiger partial charge on any atom is 0.272 e. The van der Waals surface area contributed by atoms with E-state index in [0.29, 0.717) is 18.1 Å². The largest absolute Gasteiger partial charge is 0.395 e. The smallest absolute Gasteiger partial charge is 0.272 e. The molecule has 0 aliphatic heterocycles. The lowest BCUT2D eigenvalue weighted by Crippen LogP contribution is -2.36. The van der Waals surface area contributed by atoms with Gasteiger partial charge >= 0.3 is 0 Å². The molecule has 1 aromatic heterocycles. The average molecular weight is 235 g/mol. The normalized spacial score (nSPS) is 14.5. The summed E-state index contributed by atoms with van der Waals surface area (Å²) in [7, 11) is 1.77. The topological polar surface area (TPSA) is 65.5 Å². The summed E-state index contributed by atoms with van der Waals surface area (Å²) < 4.78 is 0. The molecule has 1 amide bonds. The number of aliphatic hydroxyl groups excluding tert-OH is 1. The van der Waals surface area contributed by atoms with Crippen molar-refractivity contribution in [1.29, 1.82) is 0 Å². The Bertz CT molecular complexity index is 404. The molecule has 2 rings (SSSR count). The van der Waals surface area contributed by atoms with Crippen molar-refractivity contribution < 1.29 is 9.90 Å². The molecule has 1 saturated carbocycles. The predicted molar refractivity (Wildman–Crippen MR) is 64.9 cm³/mol. The van der Waals surface area contributed by atoms with Gasteiger partial charge in [-0.25, -0.2) is 4.98 Å². The quantitative estimate of drug-likeness (QED) is 0.789. The molecular formula is C12H17N3O2. The van der Waals surface area contributed by atoms with Crippen LogP contribution in [0.4, 0.5) is 5.82 Å². The highest BCUT2D eigenvalue weighted by molar-refractivity contribution is 5.93. The van der Waals surface area contributed by atoms with Crippen molar-refractivity contribution in [2.75, 3.05) is 25.5 Å². The first-order chi connectivity index (χ1) is 8.26. The Kier molecular flexibility index (Phi) is 3.58. The van der Waals surface area contributed by atoms with Gasteiger partial charge in [0.15, 0.2) is 0 Å². The zero-order valence-corrected chi connectivity index (χ0v) is 9.89. The van der Waals surface area contributed by atoms with Crippen LogP contribution in [0.2, 0.25) is 0 Å². The monoisotopic (exact) mass is 235 g/mol. The van der Waals surface area contributed by atoms with Crippen molar-refractivity contribution in [3.05, 3.63) is 23.9 Å². The minimum Gasteiger partial charge on any atom is -0.395 e. The van der Waals surface area contributed by atoms with Crippen molar-refractivity contribution in [3.63, 3.8) is 0 Å². The van der Waals surface area contributed by atoms with Gasteiger partial charge in [0.25, 0.3) is 5.91 Å². The molecule has 92 valence electrons. The third kappa shape index (κ3) is 2.74. The van der Waals surface area contributed by atoms with Crippen LogP contribution in [0.3, 0.4) is 0 Å². The number of hydrogen-bond acceptors (Lipinski definition) is 4. The molecule has 0 unspecified atom stereocenters. The summed E-state index contributed by atoms with van der Waals surface area (Å²) in [6.07, 6.45) is 2.05. The number of aromatic nitrogens is 1. The van der Waals surface area contributed by atoms with Crippen molar-refractivity contribution in [1.82, 2.24) is 9.88 Å². The van der Waals surface area contributed by atoms with E-state index in [0.717, 1.165) is 12.8 Å². The van der Waals surface area contributed by atoms with Gasteiger partial charge in [0, 0.05) is 19.6 Å². The van der Waals surface area contributed by atoms with E-state index in [4.69, 9.17) is 5.11 Å². The molecule has 5 nitrogen and oxygen atoms in total. The van der Waals surface area contributed by atoms with E-state index < -0.39 is 0 Å². The number of nitrogens with zero attached hydrogens (tertiary/aromatic N) is 2. The van der Waals surface area contributed by atoms with Crippen LogP contribution in [0.1, 0.15) is 23.3 Å². The summed E-state index contributed by atoms with van der Waals surface area (Å²) in [4.78, 5) is 18.1. The van der Waals surface area contributed by atoms with Crippen molar-refractivity contribution in [3.8, 4) is 0 Å². The lowest BCUT2D eigenvalue weighted by Gasteiger charge is -2.20. The summed E-state index contributed by atoms with van der Waals surface area (Å²) in [5.41, 5.74) is 0.428. The first-order valence-corrected chi connectivity index (χ1v) is 5.83. The van der Waals surface area contributed by atoms with Gasteiger partial charge in [-0.05, 0) is 25.0 Å². The predicted octanol–water partition coefficient (Wildman–Crippen LogP) is 0.720. The molecule has 17 heavy (non-hydrogen) atoms. The standard InChI is InChI=1S/C12H17N3O2/c1-13-11-4-2-3-10(14-11)12(17)15(7-8-16)9-5-6-9/h2-4,9,16H,5-8H2,1H3,(H,13,14). The van der Waals surface area contributed by atoms with Crippen LogP contribution in [-0.2, 0) is 0 Å². The Morgan fingerprint density at radius 3 is 2.94 bits per heavy atom. The van der Waals surface area contributed by atoms with Crippen molar-refractivity contribution >= 4 is 11.7 Å². The molecule has 0 aromatic carbocycles. The molecule has 1 aromatic rings. The van der Waals surface area contributed by atoms with Crippen LogP contribution in [-0.4, -0.2) is 47.1 Å². The number of carbonyl (C=O) groups is 1. The van der Waals surface area contributed by atoms with Crippen LogP contribution < -0.4 is 5.32 Å². The van der Waals surface area contributed by atoms with E-state index in [9.17, 15) is 4.79 Å². The Morgan fingerprint density at radius 2 is 2.35 bits per heavy atom. The number of amides is 1. The number of carbonyl (C=O) groups excluding carboxylic acids is 1. The van der Waals surface area contributed by atoms with E-state index in [1.165, 1.54) is 0 Å². The van der Waals surface area contributed by atoms with Crippen LogP contribution >= 0.6 is 0 Å². The fraction of sp³-hybridized carbons (Fsp3) is 0.500. The van der Waals surface area contributed by atoms with E-state index in [-0.39, 0.29) is 18.6 Å². The fourth-order valence-electron chi connectivity index (χ4n) is 1.78. The van der Waals surface area contributed by atoms with Gasteiger partial charge in [0.1, 0.15) is 11.5 Å². The van der Waals surface area contributed by atoms with Crippen LogP contribution in [0, 0.1) is 0 Å². The van der Waals surface area contributed by atoms with Gasteiger partial charge in [-0.3, -0.25) is 4.79 Å². The Morgan fingerprint density at radius 1 is 1.59 bits per heavy atom. The van der Waals surface area contributed by atoms with E-state index in [2.05, 4.69) is 10.3 Å². The Hall–Kier alpha value is -1.62. The van der Waals surface area contributed by atoms with E-state index in [1.54, 1.807) is 24.1 Å². The highest BCUT2D eigenvalue weighted by Crippen LogP contribution is 2.27. The molecule has 0 spiro atoms. The molecule has 0 bridgehead atoms. The number of rotatable bonds is 5. The molecule has 1 aliphatic rings. The molecule has 0 radical (unpaired) electrons. The molecule has 5 heteroatoms. The summed E-state index contributed by atoms with van der Waals surface area (Å²) in [6.45, 7) is 0.378. The van der Waals surface area contributed by atoms with Crippen molar-refractivity contribution in [2.24, 2.45) is 0 Å². The lowest BCUT2D eigenvalue weighted by molar-refractivity contribution is 0.0702. The summed E-state index contributed by atoms with van der Waals surface area (Å²) >= 11 is 0. The Balaban J connectivity index is 2.15. The number of nitrogens with one attached hydrogen (secondary N) is 1. The second-order valence-electron chi connectivity index (χ2n) is 4.11. The van der Waals surface area contributed by atoms with Gasteiger partial charge in [-0.2, -0.15) is 0 Å². The van der Waals surface area contributed by atoms with E-state index in [1.807, 2.05) is 6.07 Å². The highest BCUT2D eigenvalue weighted by atomic mass is 16.3. The maximum absolute atomic E-state index is 12.2. The zero-order chi connectivity index (χ0) is 12.3. The maximum atomic E-state index is 12.2. The first kappa shape index (κ1) is 11.9. The minimum absolute atomic E-state index is 0.00599. The van der Waals surface area contributed by atoms with Gasteiger partial charge in [-0.15, -0.1) is 0 Å². The molecule has 0 atom stereocenters. The van der Waals surface area contributed by atoms with Crippen molar-refractivity contribution in [2.45, 2.75) is 18.9 Å². The summed E-state index contributed by atoms with van der Waals surface area (Å²) in [6, 6.07) is 5.60. The second kappa shape index (κ2) is 5.14. The second-order valence-corrected chi connectivity index (χ2v) is 4.11. The molecule has 1 fully saturated rings. The summed E-state index contributed by atoms with van der Waals surface area (Å²) in [5, 5.41) is 11.9. The number of pyridine rings is 1. The molecule has 2 N–H and O–H groups in total. The van der Waals surface area contributed by atoms with Crippen LogP contribution in [0.5, 0.6) is 0 Å². The third-order valence-electron chi connectivity index (χ3n) is 2.81. The van der Waals surface area contributed by atoms with Gasteiger partial charge in [0.2, 0.25) is 0 Å². The van der Waals surface area contributed by atoms with Gasteiger partial charge in [-0.1, -0.05) is 6.07 Å². The number of aliphatic hydroxyl groups is 1. The summed E-state index contributed by atoms with van der Waals surface area (Å²) in [5.74, 6) is 0.578. The average Bonchev–Trinajstić information content (AvgIpc) is 3.19. The first-order valence-electron chi connectivity index (χ1n) is 5.83. The van der Waals surface area contributed by atoms with E-state index >= 15 is 0 Å². The molecule has 1 heterocycles. The third-order valence-corrected chi connectivity index (χ3v) is 2.81. The molecule has 1 aliphatic carbocycles. The Labute approximate surface area is 100 Å². The number of hydrogen-bond donors (Lipinski definition) is 2. The zero-order valence-electron chi connectivity index (χ0n) is 9.89. The minimum atomic E-state index is -0.0985. The van der Waals surface area contributed by atoms with Crippen LogP contribution in [0.25, 0.3) is 0 Å².